The molecule has 20 heavy (non-hydrogen) atoms. The highest BCUT2D eigenvalue weighted by atomic mass is 35.5. The molecule has 6 heteroatoms. The van der Waals surface area contributed by atoms with E-state index in [0.29, 0.717) is 25.1 Å². The summed E-state index contributed by atoms with van der Waals surface area (Å²) in [6, 6.07) is 1.81. The monoisotopic (exact) mass is 300 g/mol. The minimum absolute atomic E-state index is 0. The van der Waals surface area contributed by atoms with E-state index in [-0.39, 0.29) is 23.7 Å². The Balaban J connectivity index is 0.00000361. The number of hydrogen-bond acceptors (Lipinski definition) is 4. The molecule has 0 atom stereocenters. The summed E-state index contributed by atoms with van der Waals surface area (Å²) >= 11 is 0. The van der Waals surface area contributed by atoms with Gasteiger partial charge in [0.25, 0.3) is 5.91 Å². The summed E-state index contributed by atoms with van der Waals surface area (Å²) in [6.45, 7) is 9.07. The van der Waals surface area contributed by atoms with Crippen molar-refractivity contribution in [2.24, 2.45) is 11.1 Å². The van der Waals surface area contributed by atoms with Gasteiger partial charge in [0.2, 0.25) is 0 Å². The zero-order valence-corrected chi connectivity index (χ0v) is 13.8. The third kappa shape index (κ3) is 4.72. The summed E-state index contributed by atoms with van der Waals surface area (Å²) in [6.07, 6.45) is 0.697. The molecule has 5 nitrogen and oxygen atoms in total. The van der Waals surface area contributed by atoms with Gasteiger partial charge in [0.1, 0.15) is 0 Å². The topological polar surface area (TPSA) is 72.1 Å². The summed E-state index contributed by atoms with van der Waals surface area (Å²) in [5, 5.41) is 8.10. The van der Waals surface area contributed by atoms with Gasteiger partial charge in [-0.3, -0.25) is 4.79 Å². The Bertz CT molecular complexity index is 462. The molecular formula is C14H25ClN4O. The van der Waals surface area contributed by atoms with Crippen LogP contribution in [-0.2, 0) is 6.42 Å². The van der Waals surface area contributed by atoms with Crippen molar-refractivity contribution in [1.29, 1.82) is 0 Å². The first-order chi connectivity index (χ1) is 8.80. The first-order valence-electron chi connectivity index (χ1n) is 6.59. The standard InChI is InChI=1S/C14H24N4O.ClH/c1-6-12-11(7-10(2)16-17-12)13(19)18(5)9-14(3,4)8-15;/h7H,6,8-9,15H2,1-5H3;1H. The number of carbonyl (C=O) groups is 1. The Labute approximate surface area is 127 Å². The Morgan fingerprint density at radius 1 is 1.40 bits per heavy atom. The number of rotatable bonds is 5. The summed E-state index contributed by atoms with van der Waals surface area (Å²) in [5.74, 6) is -0.0172. The molecule has 0 bridgehead atoms. The summed E-state index contributed by atoms with van der Waals surface area (Å²) < 4.78 is 0. The van der Waals surface area contributed by atoms with Crippen molar-refractivity contribution >= 4 is 18.3 Å². The van der Waals surface area contributed by atoms with Gasteiger partial charge in [-0.25, -0.2) is 0 Å². The highest BCUT2D eigenvalue weighted by Crippen LogP contribution is 2.17. The van der Waals surface area contributed by atoms with Gasteiger partial charge in [-0.15, -0.1) is 12.4 Å². The first-order valence-corrected chi connectivity index (χ1v) is 6.59. The maximum absolute atomic E-state index is 12.5. The van der Waals surface area contributed by atoms with Crippen LogP contribution < -0.4 is 5.73 Å². The maximum atomic E-state index is 12.5. The fraction of sp³-hybridized carbons (Fsp3) is 0.643. The molecule has 2 N–H and O–H groups in total. The van der Waals surface area contributed by atoms with Crippen molar-refractivity contribution in [3.8, 4) is 0 Å². The number of carbonyl (C=O) groups excluding carboxylic acids is 1. The van der Waals surface area contributed by atoms with E-state index in [1.807, 2.05) is 27.7 Å². The van der Waals surface area contributed by atoms with Crippen molar-refractivity contribution in [3.63, 3.8) is 0 Å². The number of hydrogen-bond donors (Lipinski definition) is 1. The fourth-order valence-electron chi connectivity index (χ4n) is 1.94. The fourth-order valence-corrected chi connectivity index (χ4v) is 1.94. The molecule has 0 unspecified atom stereocenters. The van der Waals surface area contributed by atoms with E-state index in [2.05, 4.69) is 10.2 Å². The highest BCUT2D eigenvalue weighted by molar-refractivity contribution is 5.95. The Hall–Kier alpha value is -1.20. The molecule has 114 valence electrons. The van der Waals surface area contributed by atoms with E-state index in [1.165, 1.54) is 0 Å². The third-order valence-corrected chi connectivity index (χ3v) is 3.12. The Kier molecular flexibility index (Phi) is 7.09. The number of halogens is 1. The van der Waals surface area contributed by atoms with Crippen LogP contribution in [0.15, 0.2) is 6.07 Å². The van der Waals surface area contributed by atoms with E-state index < -0.39 is 0 Å². The zero-order chi connectivity index (χ0) is 14.6. The summed E-state index contributed by atoms with van der Waals surface area (Å²) in [7, 11) is 1.80. The van der Waals surface area contributed by atoms with Crippen LogP contribution in [0.25, 0.3) is 0 Å². The van der Waals surface area contributed by atoms with E-state index in [4.69, 9.17) is 5.73 Å². The van der Waals surface area contributed by atoms with Crippen LogP contribution in [0, 0.1) is 12.3 Å². The van der Waals surface area contributed by atoms with Gasteiger partial charge in [0, 0.05) is 13.6 Å². The molecule has 0 saturated heterocycles. The molecule has 1 amide bonds. The smallest absolute Gasteiger partial charge is 0.255 e. The SMILES string of the molecule is CCc1nnc(C)cc1C(=O)N(C)CC(C)(C)CN.Cl. The van der Waals surface area contributed by atoms with Gasteiger partial charge in [-0.2, -0.15) is 10.2 Å². The predicted octanol–water partition coefficient (Wildman–Crippen LogP) is 1.83. The van der Waals surface area contributed by atoms with Gasteiger partial charge in [-0.05, 0) is 31.4 Å². The van der Waals surface area contributed by atoms with Gasteiger partial charge in [0.05, 0.1) is 17.0 Å². The molecule has 1 rings (SSSR count). The van der Waals surface area contributed by atoms with Crippen molar-refractivity contribution < 1.29 is 4.79 Å². The molecule has 0 aromatic carbocycles. The van der Waals surface area contributed by atoms with Crippen LogP contribution >= 0.6 is 12.4 Å². The highest BCUT2D eigenvalue weighted by Gasteiger charge is 2.23. The van der Waals surface area contributed by atoms with Crippen molar-refractivity contribution in [3.05, 3.63) is 23.0 Å². The summed E-state index contributed by atoms with van der Waals surface area (Å²) in [4.78, 5) is 14.2. The van der Waals surface area contributed by atoms with Crippen LogP contribution in [0.2, 0.25) is 0 Å². The van der Waals surface area contributed by atoms with Gasteiger partial charge in [0.15, 0.2) is 0 Å². The normalized spacial score (nSPS) is 10.9. The van der Waals surface area contributed by atoms with Crippen molar-refractivity contribution in [2.45, 2.75) is 34.1 Å². The van der Waals surface area contributed by atoms with Crippen LogP contribution in [0.1, 0.15) is 42.5 Å². The van der Waals surface area contributed by atoms with Gasteiger partial charge >= 0.3 is 0 Å². The summed E-state index contributed by atoms with van der Waals surface area (Å²) in [5.41, 5.74) is 7.77. The number of nitrogens with two attached hydrogens (primary N) is 1. The lowest BCUT2D eigenvalue weighted by atomic mass is 9.93. The van der Waals surface area contributed by atoms with Gasteiger partial charge in [-0.1, -0.05) is 20.8 Å². The molecular weight excluding hydrogens is 276 g/mol. The number of aromatic nitrogens is 2. The lowest BCUT2D eigenvalue weighted by Gasteiger charge is -2.29. The second-order valence-corrected chi connectivity index (χ2v) is 5.73. The van der Waals surface area contributed by atoms with E-state index >= 15 is 0 Å². The Morgan fingerprint density at radius 3 is 2.50 bits per heavy atom. The lowest BCUT2D eigenvalue weighted by Crippen LogP contribution is -2.40. The van der Waals surface area contributed by atoms with E-state index in [1.54, 1.807) is 18.0 Å². The predicted molar refractivity (Wildman–Crippen MR) is 83.2 cm³/mol. The molecule has 1 aromatic rings. The quantitative estimate of drug-likeness (QED) is 0.900. The number of amides is 1. The van der Waals surface area contributed by atoms with Crippen LogP contribution in [0.4, 0.5) is 0 Å². The van der Waals surface area contributed by atoms with E-state index in [9.17, 15) is 4.79 Å². The molecule has 0 aliphatic carbocycles. The maximum Gasteiger partial charge on any atom is 0.255 e. The number of aryl methyl sites for hydroxylation is 2. The largest absolute Gasteiger partial charge is 0.341 e. The average Bonchev–Trinajstić information content (AvgIpc) is 2.37. The molecule has 1 heterocycles. The Morgan fingerprint density at radius 2 is 2.00 bits per heavy atom. The van der Waals surface area contributed by atoms with E-state index in [0.717, 1.165) is 11.4 Å². The van der Waals surface area contributed by atoms with Crippen LogP contribution in [0.3, 0.4) is 0 Å². The molecule has 0 saturated carbocycles. The van der Waals surface area contributed by atoms with Gasteiger partial charge < -0.3 is 10.6 Å². The van der Waals surface area contributed by atoms with Crippen LogP contribution in [-0.4, -0.2) is 41.1 Å². The number of nitrogens with zero attached hydrogens (tertiary/aromatic N) is 3. The second kappa shape index (κ2) is 7.55. The average molecular weight is 301 g/mol. The molecule has 0 spiro atoms. The van der Waals surface area contributed by atoms with Crippen molar-refractivity contribution in [1.82, 2.24) is 15.1 Å². The molecule has 0 aliphatic heterocycles. The molecule has 1 aromatic heterocycles. The van der Waals surface area contributed by atoms with Crippen LogP contribution in [0.5, 0.6) is 0 Å². The minimum Gasteiger partial charge on any atom is -0.341 e. The lowest BCUT2D eigenvalue weighted by molar-refractivity contribution is 0.0738. The molecule has 0 aliphatic rings. The van der Waals surface area contributed by atoms with Crippen molar-refractivity contribution in [2.75, 3.05) is 20.1 Å². The minimum atomic E-state index is -0.0910. The second-order valence-electron chi connectivity index (χ2n) is 5.73. The molecule has 0 radical (unpaired) electrons. The third-order valence-electron chi connectivity index (χ3n) is 3.12. The first kappa shape index (κ1) is 18.8. The zero-order valence-electron chi connectivity index (χ0n) is 12.9. The molecule has 0 fully saturated rings.